The molecule has 280 valence electrons. The van der Waals surface area contributed by atoms with Crippen molar-refractivity contribution in [2.75, 3.05) is 13.6 Å². The molecular weight excluding hydrogens is 687 g/mol. The van der Waals surface area contributed by atoms with Gasteiger partial charge in [0.1, 0.15) is 6.04 Å². The van der Waals surface area contributed by atoms with Crippen LogP contribution in [0.5, 0.6) is 0 Å². The van der Waals surface area contributed by atoms with Gasteiger partial charge in [-0.1, -0.05) is 67.3 Å². The SMILES string of the molecule is CN(C(=O)[C@@H](Cc1ccc(Cl)cc1)NC(=O)[C@H]1Cc2ccccc2CN1)[C@H]1C[C@@H](C(=O)NC(C)(C)C)N(C2CCCCC2)C1.O=C(O)C(F)(F)F. The van der Waals surface area contributed by atoms with Crippen molar-refractivity contribution in [2.24, 2.45) is 0 Å². The van der Waals surface area contributed by atoms with Gasteiger partial charge in [-0.3, -0.25) is 19.3 Å². The van der Waals surface area contributed by atoms with Crippen molar-refractivity contribution in [3.05, 3.63) is 70.2 Å². The molecule has 2 aromatic rings. The zero-order valence-electron chi connectivity index (χ0n) is 29.6. The van der Waals surface area contributed by atoms with Crippen LogP contribution in [-0.2, 0) is 38.6 Å². The standard InChI is InChI=1S/C35H48ClN5O3.C2HF3O2/c1-35(2,3)39-33(43)31-20-28(22-41(31)27-12-6-5-7-13-27)40(4)34(44)30(18-23-14-16-26(36)17-15-23)38-32(42)29-19-24-10-8-9-11-25(24)21-37-29;3-2(4,5)1(6)7/h8-11,14-17,27-31,37H,5-7,12-13,18-22H2,1-4H3,(H,38,42)(H,39,43);(H,6,7)/t28-,29+,30+,31-;/m0./s1. The summed E-state index contributed by atoms with van der Waals surface area (Å²) in [5.74, 6) is -3.05. The molecule has 1 saturated carbocycles. The minimum atomic E-state index is -5.08. The van der Waals surface area contributed by atoms with Gasteiger partial charge in [-0.25, -0.2) is 4.79 Å². The van der Waals surface area contributed by atoms with Crippen LogP contribution in [0.25, 0.3) is 0 Å². The number of likely N-dealkylation sites (N-methyl/N-ethyl adjacent to an activating group) is 1. The molecule has 3 amide bonds. The third-order valence-electron chi connectivity index (χ3n) is 9.67. The maximum absolute atomic E-state index is 14.3. The molecule has 0 aromatic heterocycles. The van der Waals surface area contributed by atoms with Gasteiger partial charge < -0.3 is 26.0 Å². The molecule has 0 bridgehead atoms. The van der Waals surface area contributed by atoms with E-state index in [-0.39, 0.29) is 35.3 Å². The fraction of sp³-hybridized carbons (Fsp3) is 0.568. The number of nitrogens with one attached hydrogen (secondary N) is 3. The lowest BCUT2D eigenvalue weighted by molar-refractivity contribution is -0.192. The highest BCUT2D eigenvalue weighted by atomic mass is 35.5. The summed E-state index contributed by atoms with van der Waals surface area (Å²) >= 11 is 6.14. The molecule has 0 spiro atoms. The first-order chi connectivity index (χ1) is 23.9. The van der Waals surface area contributed by atoms with Crippen LogP contribution in [0.3, 0.4) is 0 Å². The van der Waals surface area contributed by atoms with Crippen molar-refractivity contribution >= 4 is 35.3 Å². The van der Waals surface area contributed by atoms with Gasteiger partial charge in [0, 0.05) is 49.2 Å². The summed E-state index contributed by atoms with van der Waals surface area (Å²) in [5.41, 5.74) is 2.92. The first-order valence-electron chi connectivity index (χ1n) is 17.4. The Morgan fingerprint density at radius 1 is 0.980 bits per heavy atom. The number of carboxylic acids is 1. The van der Waals surface area contributed by atoms with E-state index in [0.29, 0.717) is 43.4 Å². The number of carboxylic acid groups (broad SMARTS) is 1. The Bertz CT molecular complexity index is 1530. The van der Waals surface area contributed by atoms with Crippen molar-refractivity contribution in [1.82, 2.24) is 25.8 Å². The van der Waals surface area contributed by atoms with E-state index in [1.54, 1.807) is 17.0 Å². The Morgan fingerprint density at radius 3 is 2.18 bits per heavy atom. The molecule has 4 N–H and O–H groups in total. The summed E-state index contributed by atoms with van der Waals surface area (Å²) in [7, 11) is 1.83. The maximum Gasteiger partial charge on any atom is 0.490 e. The van der Waals surface area contributed by atoms with E-state index in [1.807, 2.05) is 52.1 Å². The molecule has 4 atom stereocenters. The predicted octanol–water partition coefficient (Wildman–Crippen LogP) is 4.86. The predicted molar refractivity (Wildman–Crippen MR) is 188 cm³/mol. The number of hydrogen-bond donors (Lipinski definition) is 4. The molecule has 14 heteroatoms. The smallest absolute Gasteiger partial charge is 0.475 e. The first kappa shape index (κ1) is 40.1. The van der Waals surface area contributed by atoms with E-state index >= 15 is 0 Å². The molecule has 0 unspecified atom stereocenters. The number of halogens is 4. The average molecular weight is 736 g/mol. The lowest BCUT2D eigenvalue weighted by atomic mass is 9.93. The van der Waals surface area contributed by atoms with Crippen molar-refractivity contribution in [3.8, 4) is 0 Å². The Hall–Kier alpha value is -3.68. The summed E-state index contributed by atoms with van der Waals surface area (Å²) in [4.78, 5) is 54.4. The van der Waals surface area contributed by atoms with Crippen molar-refractivity contribution < 1.29 is 37.5 Å². The summed E-state index contributed by atoms with van der Waals surface area (Å²) in [6.45, 7) is 7.27. The number of nitrogens with zero attached hydrogens (tertiary/aromatic N) is 2. The molecule has 2 aromatic carbocycles. The number of carbonyl (C=O) groups excluding carboxylic acids is 3. The Morgan fingerprint density at radius 2 is 1.59 bits per heavy atom. The topological polar surface area (TPSA) is 131 Å². The number of likely N-dealkylation sites (tertiary alicyclic amines) is 1. The first-order valence-corrected chi connectivity index (χ1v) is 17.8. The second-order valence-electron chi connectivity index (χ2n) is 14.7. The van der Waals surface area contributed by atoms with Crippen LogP contribution in [0.4, 0.5) is 13.2 Å². The van der Waals surface area contributed by atoms with E-state index in [2.05, 4.69) is 33.0 Å². The van der Waals surface area contributed by atoms with Crippen LogP contribution in [0.1, 0.15) is 76.0 Å². The molecule has 1 aliphatic carbocycles. The van der Waals surface area contributed by atoms with Gasteiger partial charge in [0.2, 0.25) is 17.7 Å². The van der Waals surface area contributed by atoms with Gasteiger partial charge in [0.05, 0.1) is 12.1 Å². The van der Waals surface area contributed by atoms with Gasteiger partial charge in [0.25, 0.3) is 0 Å². The summed E-state index contributed by atoms with van der Waals surface area (Å²) in [6.07, 6.45) is 2.15. The van der Waals surface area contributed by atoms with E-state index in [0.717, 1.165) is 24.0 Å². The van der Waals surface area contributed by atoms with E-state index < -0.39 is 24.2 Å². The van der Waals surface area contributed by atoms with Crippen LogP contribution in [0.2, 0.25) is 5.02 Å². The number of hydrogen-bond acceptors (Lipinski definition) is 6. The van der Waals surface area contributed by atoms with Crippen LogP contribution in [0, 0.1) is 0 Å². The lowest BCUT2D eigenvalue weighted by Gasteiger charge is -2.36. The zero-order valence-corrected chi connectivity index (χ0v) is 30.3. The molecule has 2 fully saturated rings. The summed E-state index contributed by atoms with van der Waals surface area (Å²) in [6, 6.07) is 14.3. The highest BCUT2D eigenvalue weighted by Crippen LogP contribution is 2.32. The highest BCUT2D eigenvalue weighted by molar-refractivity contribution is 6.30. The Balaban J connectivity index is 0.000000755. The number of rotatable bonds is 8. The number of aliphatic carboxylic acids is 1. The molecule has 51 heavy (non-hydrogen) atoms. The fourth-order valence-corrected chi connectivity index (χ4v) is 7.17. The van der Waals surface area contributed by atoms with E-state index in [1.165, 1.54) is 24.8 Å². The van der Waals surface area contributed by atoms with E-state index in [4.69, 9.17) is 21.5 Å². The van der Waals surface area contributed by atoms with E-state index in [9.17, 15) is 27.6 Å². The molecule has 3 aliphatic rings. The normalized spacial score (nSPS) is 21.8. The van der Waals surface area contributed by atoms with Gasteiger partial charge in [-0.2, -0.15) is 13.2 Å². The minimum Gasteiger partial charge on any atom is -0.475 e. The molecule has 10 nitrogen and oxygen atoms in total. The molecule has 0 radical (unpaired) electrons. The molecule has 2 heterocycles. The summed E-state index contributed by atoms with van der Waals surface area (Å²) < 4.78 is 31.7. The lowest BCUT2D eigenvalue weighted by Crippen LogP contribution is -2.56. The van der Waals surface area contributed by atoms with Gasteiger partial charge in [-0.05, 0) is 75.3 Å². The molecule has 2 aliphatic heterocycles. The maximum atomic E-state index is 14.3. The second kappa shape index (κ2) is 17.2. The summed E-state index contributed by atoms with van der Waals surface area (Å²) in [5, 5.41) is 17.4. The molecule has 1 saturated heterocycles. The quantitative estimate of drug-likeness (QED) is 0.305. The molecular formula is C37H49ClF3N5O5. The molecule has 5 rings (SSSR count). The van der Waals surface area contributed by atoms with Gasteiger partial charge in [-0.15, -0.1) is 0 Å². The third-order valence-corrected chi connectivity index (χ3v) is 9.92. The van der Waals surface area contributed by atoms with Crippen LogP contribution >= 0.6 is 11.6 Å². The van der Waals surface area contributed by atoms with Gasteiger partial charge >= 0.3 is 12.1 Å². The second-order valence-corrected chi connectivity index (χ2v) is 15.1. The van der Waals surface area contributed by atoms with Crippen molar-refractivity contribution in [3.63, 3.8) is 0 Å². The van der Waals surface area contributed by atoms with Crippen molar-refractivity contribution in [1.29, 1.82) is 0 Å². The zero-order chi connectivity index (χ0) is 37.5. The number of amides is 3. The number of benzene rings is 2. The van der Waals surface area contributed by atoms with Gasteiger partial charge in [0.15, 0.2) is 0 Å². The van der Waals surface area contributed by atoms with Crippen LogP contribution in [-0.4, -0.2) is 94.1 Å². The third kappa shape index (κ3) is 11.4. The number of carbonyl (C=O) groups is 4. The Kier molecular flexibility index (Phi) is 13.5. The van der Waals surface area contributed by atoms with Crippen LogP contribution in [0.15, 0.2) is 48.5 Å². The Labute approximate surface area is 302 Å². The average Bonchev–Trinajstić information content (AvgIpc) is 3.53. The fourth-order valence-electron chi connectivity index (χ4n) is 7.04. The largest absolute Gasteiger partial charge is 0.490 e. The van der Waals surface area contributed by atoms with Crippen molar-refractivity contribution in [2.45, 2.75) is 121 Å². The van der Waals surface area contributed by atoms with Crippen LogP contribution < -0.4 is 16.0 Å². The number of fused-ring (bicyclic) bond motifs is 1. The number of alkyl halides is 3. The monoisotopic (exact) mass is 735 g/mol. The minimum absolute atomic E-state index is 0.0288. The highest BCUT2D eigenvalue weighted by Gasteiger charge is 2.44.